The van der Waals surface area contributed by atoms with E-state index >= 15 is 0 Å². The molecule has 5 heteroatoms. The standard InChI is InChI=1S/C16H20N2O2S/c1-12(11-15-3-2-10-21-15)18-16(19)8-9-20-14-6-4-13(17)5-7-14/h2-7,10,12H,8-9,11,17H2,1H3,(H,18,19). The van der Waals surface area contributed by atoms with Crippen molar-refractivity contribution in [3.63, 3.8) is 0 Å². The lowest BCUT2D eigenvalue weighted by atomic mass is 10.2. The minimum atomic E-state index is 0.00880. The van der Waals surface area contributed by atoms with Gasteiger partial charge in [0.05, 0.1) is 13.0 Å². The summed E-state index contributed by atoms with van der Waals surface area (Å²) in [7, 11) is 0. The highest BCUT2D eigenvalue weighted by molar-refractivity contribution is 7.09. The van der Waals surface area contributed by atoms with Gasteiger partial charge >= 0.3 is 0 Å². The van der Waals surface area contributed by atoms with Crippen LogP contribution in [0.2, 0.25) is 0 Å². The first-order valence-corrected chi connectivity index (χ1v) is 7.81. The van der Waals surface area contributed by atoms with Crippen molar-refractivity contribution in [1.82, 2.24) is 5.32 Å². The van der Waals surface area contributed by atoms with Gasteiger partial charge in [0.15, 0.2) is 0 Å². The Morgan fingerprint density at radius 2 is 2.10 bits per heavy atom. The highest BCUT2D eigenvalue weighted by Gasteiger charge is 2.08. The van der Waals surface area contributed by atoms with Gasteiger partial charge < -0.3 is 15.8 Å². The van der Waals surface area contributed by atoms with Crippen LogP contribution in [0.1, 0.15) is 18.2 Å². The van der Waals surface area contributed by atoms with Crippen molar-refractivity contribution in [1.29, 1.82) is 0 Å². The van der Waals surface area contributed by atoms with E-state index in [4.69, 9.17) is 10.5 Å². The van der Waals surface area contributed by atoms with Crippen LogP contribution in [0, 0.1) is 0 Å². The van der Waals surface area contributed by atoms with Gasteiger partial charge in [-0.2, -0.15) is 0 Å². The topological polar surface area (TPSA) is 64.3 Å². The molecule has 0 aliphatic carbocycles. The summed E-state index contributed by atoms with van der Waals surface area (Å²) in [6.45, 7) is 2.37. The number of hydrogen-bond acceptors (Lipinski definition) is 4. The molecule has 0 saturated carbocycles. The van der Waals surface area contributed by atoms with Crippen LogP contribution in [0.5, 0.6) is 5.75 Å². The molecular formula is C16H20N2O2S. The van der Waals surface area contributed by atoms with Gasteiger partial charge in [0.1, 0.15) is 5.75 Å². The summed E-state index contributed by atoms with van der Waals surface area (Å²) in [5.74, 6) is 0.734. The number of nitrogen functional groups attached to an aromatic ring is 1. The van der Waals surface area contributed by atoms with Crippen LogP contribution in [0.15, 0.2) is 41.8 Å². The lowest BCUT2D eigenvalue weighted by molar-refractivity contribution is -0.122. The molecule has 1 unspecified atom stereocenters. The van der Waals surface area contributed by atoms with Gasteiger partial charge in [-0.05, 0) is 42.6 Å². The number of ether oxygens (including phenoxy) is 1. The first-order valence-electron chi connectivity index (χ1n) is 6.93. The van der Waals surface area contributed by atoms with E-state index in [2.05, 4.69) is 11.4 Å². The fraction of sp³-hybridized carbons (Fsp3) is 0.312. The number of rotatable bonds is 7. The van der Waals surface area contributed by atoms with Crippen LogP contribution in [0.3, 0.4) is 0 Å². The zero-order valence-electron chi connectivity index (χ0n) is 12.0. The largest absolute Gasteiger partial charge is 0.493 e. The number of carbonyl (C=O) groups is 1. The number of nitrogens with two attached hydrogens (primary N) is 1. The molecule has 3 N–H and O–H groups in total. The zero-order valence-corrected chi connectivity index (χ0v) is 12.9. The van der Waals surface area contributed by atoms with E-state index in [1.807, 2.05) is 18.4 Å². The molecule has 2 rings (SSSR count). The summed E-state index contributed by atoms with van der Waals surface area (Å²) in [4.78, 5) is 13.1. The van der Waals surface area contributed by atoms with E-state index in [0.29, 0.717) is 18.7 Å². The molecule has 1 aromatic heterocycles. The fourth-order valence-electron chi connectivity index (χ4n) is 1.95. The maximum Gasteiger partial charge on any atom is 0.223 e. The molecule has 0 aliphatic heterocycles. The number of nitrogens with one attached hydrogen (secondary N) is 1. The van der Waals surface area contributed by atoms with Crippen molar-refractivity contribution >= 4 is 22.9 Å². The molecule has 0 bridgehead atoms. The molecule has 4 nitrogen and oxygen atoms in total. The Morgan fingerprint density at radius 3 is 2.76 bits per heavy atom. The molecule has 0 spiro atoms. The van der Waals surface area contributed by atoms with Gasteiger partial charge in [0, 0.05) is 23.0 Å². The highest BCUT2D eigenvalue weighted by Crippen LogP contribution is 2.13. The Morgan fingerprint density at radius 1 is 1.33 bits per heavy atom. The second kappa shape index (κ2) is 7.69. The average Bonchev–Trinajstić information content (AvgIpc) is 2.93. The van der Waals surface area contributed by atoms with Crippen LogP contribution < -0.4 is 15.8 Å². The van der Waals surface area contributed by atoms with E-state index in [1.54, 1.807) is 35.6 Å². The van der Waals surface area contributed by atoms with Crippen LogP contribution in [-0.4, -0.2) is 18.6 Å². The summed E-state index contributed by atoms with van der Waals surface area (Å²) >= 11 is 1.71. The molecule has 1 amide bonds. The Kier molecular flexibility index (Phi) is 5.63. The molecule has 0 fully saturated rings. The zero-order chi connectivity index (χ0) is 15.1. The van der Waals surface area contributed by atoms with Gasteiger partial charge in [-0.1, -0.05) is 6.07 Å². The minimum absolute atomic E-state index is 0.00880. The molecule has 2 aromatic rings. The number of carbonyl (C=O) groups excluding carboxylic acids is 1. The Labute approximate surface area is 128 Å². The second-order valence-electron chi connectivity index (χ2n) is 4.92. The van der Waals surface area contributed by atoms with Crippen molar-refractivity contribution < 1.29 is 9.53 Å². The number of amides is 1. The monoisotopic (exact) mass is 304 g/mol. The molecule has 1 atom stereocenters. The number of thiophene rings is 1. The summed E-state index contributed by atoms with van der Waals surface area (Å²) in [6.07, 6.45) is 1.21. The van der Waals surface area contributed by atoms with E-state index < -0.39 is 0 Å². The van der Waals surface area contributed by atoms with Gasteiger partial charge in [-0.25, -0.2) is 0 Å². The molecule has 1 heterocycles. The van der Waals surface area contributed by atoms with Crippen molar-refractivity contribution in [2.75, 3.05) is 12.3 Å². The molecular weight excluding hydrogens is 284 g/mol. The van der Waals surface area contributed by atoms with Gasteiger partial charge in [0.2, 0.25) is 5.91 Å². The molecule has 1 aromatic carbocycles. The molecule has 0 radical (unpaired) electrons. The van der Waals surface area contributed by atoms with E-state index in [-0.39, 0.29) is 11.9 Å². The summed E-state index contributed by atoms with van der Waals surface area (Å²) in [6, 6.07) is 11.4. The van der Waals surface area contributed by atoms with Crippen LogP contribution in [0.25, 0.3) is 0 Å². The molecule has 21 heavy (non-hydrogen) atoms. The maximum atomic E-state index is 11.8. The van der Waals surface area contributed by atoms with E-state index in [1.165, 1.54) is 4.88 Å². The van der Waals surface area contributed by atoms with Crippen LogP contribution in [-0.2, 0) is 11.2 Å². The Balaban J connectivity index is 1.66. The summed E-state index contributed by atoms with van der Waals surface area (Å²) < 4.78 is 5.50. The molecule has 112 valence electrons. The summed E-state index contributed by atoms with van der Waals surface area (Å²) in [5.41, 5.74) is 6.29. The number of hydrogen-bond donors (Lipinski definition) is 2. The lowest BCUT2D eigenvalue weighted by Crippen LogP contribution is -2.34. The van der Waals surface area contributed by atoms with Crippen molar-refractivity contribution in [3.05, 3.63) is 46.7 Å². The lowest BCUT2D eigenvalue weighted by Gasteiger charge is -2.13. The van der Waals surface area contributed by atoms with Crippen molar-refractivity contribution in [2.24, 2.45) is 0 Å². The first-order chi connectivity index (χ1) is 10.1. The second-order valence-corrected chi connectivity index (χ2v) is 5.95. The van der Waals surface area contributed by atoms with Gasteiger partial charge in [-0.15, -0.1) is 11.3 Å². The quantitative estimate of drug-likeness (QED) is 0.773. The first kappa shape index (κ1) is 15.4. The average molecular weight is 304 g/mol. The molecule has 0 aliphatic rings. The van der Waals surface area contributed by atoms with E-state index in [0.717, 1.165) is 12.2 Å². The number of benzene rings is 1. The fourth-order valence-corrected chi connectivity index (χ4v) is 2.79. The summed E-state index contributed by atoms with van der Waals surface area (Å²) in [5, 5.41) is 5.03. The van der Waals surface area contributed by atoms with Gasteiger partial charge in [0.25, 0.3) is 0 Å². The van der Waals surface area contributed by atoms with E-state index in [9.17, 15) is 4.79 Å². The van der Waals surface area contributed by atoms with Gasteiger partial charge in [-0.3, -0.25) is 4.79 Å². The third-order valence-corrected chi connectivity index (χ3v) is 3.87. The minimum Gasteiger partial charge on any atom is -0.493 e. The third kappa shape index (κ3) is 5.47. The maximum absolute atomic E-state index is 11.8. The highest BCUT2D eigenvalue weighted by atomic mass is 32.1. The SMILES string of the molecule is CC(Cc1cccs1)NC(=O)CCOc1ccc(N)cc1. The van der Waals surface area contributed by atoms with Crippen LogP contribution in [0.4, 0.5) is 5.69 Å². The normalized spacial score (nSPS) is 11.9. The van der Waals surface area contributed by atoms with Crippen molar-refractivity contribution in [3.8, 4) is 5.75 Å². The smallest absolute Gasteiger partial charge is 0.223 e. The Hall–Kier alpha value is -2.01. The van der Waals surface area contributed by atoms with Crippen molar-refractivity contribution in [2.45, 2.75) is 25.8 Å². The predicted octanol–water partition coefficient (Wildman–Crippen LogP) is 2.85. The number of anilines is 1. The third-order valence-electron chi connectivity index (χ3n) is 2.97. The van der Waals surface area contributed by atoms with Crippen LogP contribution >= 0.6 is 11.3 Å². The molecule has 0 saturated heterocycles. The predicted molar refractivity (Wildman–Crippen MR) is 86.6 cm³/mol. The Bertz CT molecular complexity index is 552.